The van der Waals surface area contributed by atoms with Gasteiger partial charge in [-0.25, -0.2) is 0 Å². The maximum Gasteiger partial charge on any atom is 0.225 e. The van der Waals surface area contributed by atoms with Crippen molar-refractivity contribution in [3.8, 4) is 5.75 Å². The highest BCUT2D eigenvalue weighted by molar-refractivity contribution is 5.70. The zero-order valence-corrected chi connectivity index (χ0v) is 16.9. The molecule has 5 rings (SSSR count). The van der Waals surface area contributed by atoms with Gasteiger partial charge in [-0.15, -0.1) is 0 Å². The second kappa shape index (κ2) is 6.66. The molecule has 2 heteroatoms. The first kappa shape index (κ1) is 17.8. The van der Waals surface area contributed by atoms with Crippen LogP contribution in [0.2, 0.25) is 0 Å². The van der Waals surface area contributed by atoms with Crippen LogP contribution in [-0.2, 0) is 11.1 Å². The molecule has 0 saturated carbocycles. The van der Waals surface area contributed by atoms with Crippen molar-refractivity contribution in [1.82, 2.24) is 5.32 Å². The molecule has 2 heterocycles. The molecule has 0 spiro atoms. The molecule has 1 fully saturated rings. The largest absolute Gasteiger partial charge is 0.462 e. The van der Waals surface area contributed by atoms with E-state index >= 15 is 0 Å². The highest BCUT2D eigenvalue weighted by Gasteiger charge is 2.68. The quantitative estimate of drug-likeness (QED) is 0.597. The van der Waals surface area contributed by atoms with Crippen molar-refractivity contribution in [2.24, 2.45) is 0 Å². The van der Waals surface area contributed by atoms with Gasteiger partial charge in [0.15, 0.2) is 0 Å². The SMILES string of the molecule is C/C=C1/NC2(c3ccccc3)Oc3ccccc3C2(c2ccccc2)/C1=C/CC. The predicted molar refractivity (Wildman–Crippen MR) is 118 cm³/mol. The minimum absolute atomic E-state index is 0.468. The van der Waals surface area contributed by atoms with E-state index in [0.717, 1.165) is 23.4 Å². The van der Waals surface area contributed by atoms with Crippen LogP contribution in [0, 0.1) is 0 Å². The Morgan fingerprint density at radius 3 is 2.10 bits per heavy atom. The molecule has 2 aliphatic heterocycles. The lowest BCUT2D eigenvalue weighted by Gasteiger charge is -2.40. The fraction of sp³-hybridized carbons (Fsp3) is 0.185. The molecule has 1 saturated heterocycles. The number of fused-ring (bicyclic) bond motifs is 3. The zero-order chi connectivity index (χ0) is 19.9. The highest BCUT2D eigenvalue weighted by Crippen LogP contribution is 2.64. The van der Waals surface area contributed by atoms with E-state index in [9.17, 15) is 0 Å². The molecular formula is C27H25NO. The number of para-hydroxylation sites is 1. The summed E-state index contributed by atoms with van der Waals surface area (Å²) < 4.78 is 6.88. The summed E-state index contributed by atoms with van der Waals surface area (Å²) in [6.07, 6.45) is 5.47. The van der Waals surface area contributed by atoms with Crippen LogP contribution in [0.25, 0.3) is 0 Å². The Kier molecular flexibility index (Phi) is 4.09. The van der Waals surface area contributed by atoms with Gasteiger partial charge in [-0.2, -0.15) is 0 Å². The lowest BCUT2D eigenvalue weighted by Crippen LogP contribution is -2.53. The third kappa shape index (κ3) is 2.23. The van der Waals surface area contributed by atoms with Gasteiger partial charge < -0.3 is 10.1 Å². The number of rotatable bonds is 3. The Morgan fingerprint density at radius 2 is 1.45 bits per heavy atom. The first-order valence-corrected chi connectivity index (χ1v) is 10.3. The summed E-state index contributed by atoms with van der Waals surface area (Å²) in [5.74, 6) is 0.935. The van der Waals surface area contributed by atoms with Crippen LogP contribution < -0.4 is 10.1 Å². The van der Waals surface area contributed by atoms with Crippen molar-refractivity contribution >= 4 is 0 Å². The number of ether oxygens (including phenoxy) is 1. The Balaban J connectivity index is 1.96. The first-order chi connectivity index (χ1) is 14.3. The third-order valence-corrected chi connectivity index (χ3v) is 6.17. The second-order valence-electron chi connectivity index (χ2n) is 7.61. The Labute approximate surface area is 172 Å². The summed E-state index contributed by atoms with van der Waals surface area (Å²) in [6, 6.07) is 29.8. The second-order valence-corrected chi connectivity index (χ2v) is 7.61. The van der Waals surface area contributed by atoms with E-state index in [2.05, 4.69) is 116 Å². The molecule has 2 aliphatic rings. The maximum absolute atomic E-state index is 6.88. The molecule has 1 N–H and O–H groups in total. The van der Waals surface area contributed by atoms with E-state index in [1.54, 1.807) is 0 Å². The van der Waals surface area contributed by atoms with Gasteiger partial charge in [-0.3, -0.25) is 0 Å². The molecule has 0 aliphatic carbocycles. The van der Waals surface area contributed by atoms with Crippen LogP contribution in [0.3, 0.4) is 0 Å². The van der Waals surface area contributed by atoms with Gasteiger partial charge in [0, 0.05) is 16.8 Å². The van der Waals surface area contributed by atoms with E-state index in [1.807, 2.05) is 0 Å². The molecule has 144 valence electrons. The predicted octanol–water partition coefficient (Wildman–Crippen LogP) is 6.06. The Hall–Kier alpha value is -3.26. The van der Waals surface area contributed by atoms with Gasteiger partial charge in [-0.05, 0) is 30.5 Å². The monoisotopic (exact) mass is 379 g/mol. The van der Waals surface area contributed by atoms with Gasteiger partial charge in [-0.1, -0.05) is 97.9 Å². The van der Waals surface area contributed by atoms with Crippen molar-refractivity contribution < 1.29 is 4.74 Å². The smallest absolute Gasteiger partial charge is 0.225 e. The number of benzene rings is 3. The minimum atomic E-state index is -0.734. The zero-order valence-electron chi connectivity index (χ0n) is 16.9. The van der Waals surface area contributed by atoms with E-state index in [-0.39, 0.29) is 0 Å². The van der Waals surface area contributed by atoms with Crippen LogP contribution >= 0.6 is 0 Å². The average molecular weight is 380 g/mol. The van der Waals surface area contributed by atoms with Crippen LogP contribution in [0.5, 0.6) is 5.75 Å². The van der Waals surface area contributed by atoms with Crippen molar-refractivity contribution in [1.29, 1.82) is 0 Å². The van der Waals surface area contributed by atoms with Gasteiger partial charge in [0.2, 0.25) is 5.72 Å². The summed E-state index contributed by atoms with van der Waals surface area (Å²) in [4.78, 5) is 0. The Morgan fingerprint density at radius 1 is 0.828 bits per heavy atom. The van der Waals surface area contributed by atoms with Crippen molar-refractivity contribution in [2.75, 3.05) is 0 Å². The van der Waals surface area contributed by atoms with Gasteiger partial charge in [0.1, 0.15) is 11.2 Å². The lowest BCUT2D eigenvalue weighted by molar-refractivity contribution is 0.0391. The maximum atomic E-state index is 6.88. The summed E-state index contributed by atoms with van der Waals surface area (Å²) in [7, 11) is 0. The number of nitrogens with one attached hydrogen (secondary N) is 1. The topological polar surface area (TPSA) is 21.3 Å². The fourth-order valence-electron chi connectivity index (χ4n) is 5.13. The van der Waals surface area contributed by atoms with Crippen molar-refractivity contribution in [2.45, 2.75) is 31.4 Å². The molecule has 3 aromatic carbocycles. The van der Waals surface area contributed by atoms with Crippen molar-refractivity contribution in [3.63, 3.8) is 0 Å². The first-order valence-electron chi connectivity index (χ1n) is 10.3. The number of allylic oxidation sites excluding steroid dienone is 3. The molecule has 3 aromatic rings. The lowest BCUT2D eigenvalue weighted by atomic mass is 9.63. The summed E-state index contributed by atoms with van der Waals surface area (Å²) in [5.41, 5.74) is 4.78. The number of hydrogen-bond donors (Lipinski definition) is 1. The molecule has 29 heavy (non-hydrogen) atoms. The van der Waals surface area contributed by atoms with E-state index in [1.165, 1.54) is 16.7 Å². The Bertz CT molecular complexity index is 1100. The van der Waals surface area contributed by atoms with E-state index in [0.29, 0.717) is 0 Å². The summed E-state index contributed by atoms with van der Waals surface area (Å²) in [5, 5.41) is 3.82. The molecule has 0 bridgehead atoms. The number of hydrogen-bond acceptors (Lipinski definition) is 2. The van der Waals surface area contributed by atoms with Crippen LogP contribution in [0.4, 0.5) is 0 Å². The third-order valence-electron chi connectivity index (χ3n) is 6.17. The van der Waals surface area contributed by atoms with E-state index in [4.69, 9.17) is 4.74 Å². The minimum Gasteiger partial charge on any atom is -0.462 e. The van der Waals surface area contributed by atoms with Crippen LogP contribution in [0.1, 0.15) is 37.0 Å². The molecule has 0 aromatic heterocycles. The average Bonchev–Trinajstić information content (AvgIpc) is 3.23. The van der Waals surface area contributed by atoms with E-state index < -0.39 is 11.1 Å². The van der Waals surface area contributed by atoms with Gasteiger partial charge >= 0.3 is 0 Å². The molecule has 2 nitrogen and oxygen atoms in total. The van der Waals surface area contributed by atoms with Gasteiger partial charge in [0.25, 0.3) is 0 Å². The van der Waals surface area contributed by atoms with Crippen LogP contribution in [0.15, 0.2) is 108 Å². The van der Waals surface area contributed by atoms with Gasteiger partial charge in [0.05, 0.1) is 0 Å². The molecular weight excluding hydrogens is 354 g/mol. The van der Waals surface area contributed by atoms with Crippen molar-refractivity contribution in [3.05, 3.63) is 125 Å². The highest BCUT2D eigenvalue weighted by atomic mass is 16.5. The molecule has 0 radical (unpaired) electrons. The molecule has 0 amide bonds. The van der Waals surface area contributed by atoms with Crippen LogP contribution in [-0.4, -0.2) is 0 Å². The summed E-state index contributed by atoms with van der Waals surface area (Å²) in [6.45, 7) is 4.29. The standard InChI is InChI=1S/C27H25NO/c1-3-13-22-24(4-2)28-27(21-16-9-6-10-17-21)26(22,20-14-7-5-8-15-20)23-18-11-12-19-25(23)29-27/h4-19,28H,3H2,1-2H3/b22-13+,24-4+. The fourth-order valence-corrected chi connectivity index (χ4v) is 5.13. The molecule has 2 atom stereocenters. The normalized spacial score (nSPS) is 27.4. The molecule has 2 unspecified atom stereocenters. The summed E-state index contributed by atoms with van der Waals surface area (Å²) >= 11 is 0.